The van der Waals surface area contributed by atoms with E-state index in [9.17, 15) is 4.79 Å². The highest BCUT2D eigenvalue weighted by atomic mass is 16.7. The molecule has 0 aliphatic carbocycles. The largest absolute Gasteiger partial charge is 0.507 e. The Bertz CT molecular complexity index is 651. The van der Waals surface area contributed by atoms with E-state index in [2.05, 4.69) is 9.98 Å². The lowest BCUT2D eigenvalue weighted by Crippen LogP contribution is -2.40. The van der Waals surface area contributed by atoms with Crippen LogP contribution in [-0.2, 0) is 4.74 Å². The van der Waals surface area contributed by atoms with E-state index in [0.717, 1.165) is 11.3 Å². The number of rotatable bonds is 3. The predicted octanol–water partition coefficient (Wildman–Crippen LogP) is 2.42. The van der Waals surface area contributed by atoms with Gasteiger partial charge >= 0.3 is 6.16 Å². The third kappa shape index (κ3) is 2.78. The van der Waals surface area contributed by atoms with Gasteiger partial charge in [0, 0.05) is 18.8 Å². The van der Waals surface area contributed by atoms with Crippen molar-refractivity contribution in [3.05, 3.63) is 42.2 Å². The fraction of sp³-hybridized carbons (Fsp3) is 0.267. The minimum atomic E-state index is -1.33. The lowest BCUT2D eigenvalue weighted by atomic mass is 9.99. The molecule has 0 fully saturated rings. The van der Waals surface area contributed by atoms with Gasteiger partial charge < -0.3 is 19.5 Å². The predicted molar refractivity (Wildman–Crippen MR) is 80.2 cm³/mol. The van der Waals surface area contributed by atoms with Gasteiger partial charge in [-0.3, -0.25) is 4.99 Å². The van der Waals surface area contributed by atoms with Crippen molar-refractivity contribution in [2.75, 3.05) is 7.11 Å². The highest BCUT2D eigenvalue weighted by molar-refractivity contribution is 6.30. The van der Waals surface area contributed by atoms with E-state index in [-0.39, 0.29) is 6.04 Å². The average molecular weight is 301 g/mol. The summed E-state index contributed by atoms with van der Waals surface area (Å²) in [4.78, 5) is 21.0. The molecular formula is C15H15N3O4. The van der Waals surface area contributed by atoms with Gasteiger partial charge in [0.1, 0.15) is 5.75 Å². The van der Waals surface area contributed by atoms with Crippen LogP contribution in [0, 0.1) is 0 Å². The molecule has 7 heteroatoms. The maximum Gasteiger partial charge on any atom is 0.507 e. The van der Waals surface area contributed by atoms with E-state index in [4.69, 9.17) is 14.6 Å². The number of carbonyl (C=O) groups is 1. The average Bonchev–Trinajstić information content (AvgIpc) is 2.53. The normalized spacial score (nSPS) is 22.8. The number of nitrogens with zero attached hydrogens (tertiary/aromatic N) is 3. The third-order valence-corrected chi connectivity index (χ3v) is 3.54. The number of hydrogen-bond donors (Lipinski definition) is 1. The van der Waals surface area contributed by atoms with E-state index in [1.54, 1.807) is 19.5 Å². The van der Waals surface area contributed by atoms with Crippen molar-refractivity contribution < 1.29 is 19.4 Å². The molecule has 0 bridgehead atoms. The first-order chi connectivity index (χ1) is 10.7. The standard InChI is InChI=1S/C15H15N3O4/c1-21-11-4-2-10(3-5-11)12-8-14(22-15(19)20)17-13-9-16-6-7-18(12)13/h2-7,9,12,14H,8H2,1H3,(H,19,20). The van der Waals surface area contributed by atoms with Crippen LogP contribution in [0.5, 0.6) is 5.75 Å². The quantitative estimate of drug-likeness (QED) is 0.867. The lowest BCUT2D eigenvalue weighted by Gasteiger charge is -2.37. The zero-order chi connectivity index (χ0) is 15.5. The number of fused-ring (bicyclic) bond motifs is 1. The molecule has 114 valence electrons. The second kappa shape index (κ2) is 5.88. The summed E-state index contributed by atoms with van der Waals surface area (Å²) >= 11 is 0. The molecule has 2 heterocycles. The Labute approximate surface area is 127 Å². The van der Waals surface area contributed by atoms with Crippen LogP contribution < -0.4 is 4.74 Å². The van der Waals surface area contributed by atoms with Crippen LogP contribution in [0.4, 0.5) is 4.79 Å². The second-order valence-electron chi connectivity index (χ2n) is 4.83. The number of carboxylic acid groups (broad SMARTS) is 1. The van der Waals surface area contributed by atoms with Gasteiger partial charge in [-0.2, -0.15) is 0 Å². The molecule has 7 nitrogen and oxygen atoms in total. The number of methoxy groups -OCH3 is 1. The summed E-state index contributed by atoms with van der Waals surface area (Å²) in [6.07, 6.45) is 3.45. The van der Waals surface area contributed by atoms with Gasteiger partial charge in [0.25, 0.3) is 0 Å². The maximum atomic E-state index is 10.8. The molecule has 0 saturated carbocycles. The summed E-state index contributed by atoms with van der Waals surface area (Å²) in [5, 5.41) is 8.82. The number of benzene rings is 1. The topological polar surface area (TPSA) is 83.7 Å². The molecule has 0 aromatic heterocycles. The molecule has 0 spiro atoms. The fourth-order valence-corrected chi connectivity index (χ4v) is 2.54. The fourth-order valence-electron chi connectivity index (χ4n) is 2.54. The van der Waals surface area contributed by atoms with E-state index in [0.29, 0.717) is 12.3 Å². The molecule has 1 aromatic carbocycles. The van der Waals surface area contributed by atoms with Crippen LogP contribution in [0.25, 0.3) is 0 Å². The highest BCUT2D eigenvalue weighted by Gasteiger charge is 2.32. The summed E-state index contributed by atoms with van der Waals surface area (Å²) in [5.41, 5.74) is 1.02. The van der Waals surface area contributed by atoms with Crippen molar-refractivity contribution in [3.63, 3.8) is 0 Å². The maximum absolute atomic E-state index is 10.8. The molecule has 2 aliphatic heterocycles. The van der Waals surface area contributed by atoms with Crippen molar-refractivity contribution >= 4 is 18.2 Å². The van der Waals surface area contributed by atoms with Gasteiger partial charge in [0.15, 0.2) is 5.84 Å². The molecule has 2 unspecified atom stereocenters. The van der Waals surface area contributed by atoms with Crippen molar-refractivity contribution in [1.29, 1.82) is 0 Å². The van der Waals surface area contributed by atoms with Gasteiger partial charge in [-0.05, 0) is 17.7 Å². The summed E-state index contributed by atoms with van der Waals surface area (Å²) in [6, 6.07) is 7.56. The number of amidine groups is 1. The number of hydrogen-bond acceptors (Lipinski definition) is 6. The number of ether oxygens (including phenoxy) is 2. The molecule has 22 heavy (non-hydrogen) atoms. The van der Waals surface area contributed by atoms with Crippen LogP contribution in [0.3, 0.4) is 0 Å². The molecule has 0 saturated heterocycles. The van der Waals surface area contributed by atoms with Crippen LogP contribution in [-0.4, -0.2) is 41.5 Å². The van der Waals surface area contributed by atoms with E-state index in [1.807, 2.05) is 35.4 Å². The van der Waals surface area contributed by atoms with Gasteiger partial charge in [-0.15, -0.1) is 0 Å². The third-order valence-electron chi connectivity index (χ3n) is 3.54. The summed E-state index contributed by atoms with van der Waals surface area (Å²) in [6.45, 7) is 0. The first-order valence-electron chi connectivity index (χ1n) is 6.77. The van der Waals surface area contributed by atoms with Crippen molar-refractivity contribution in [3.8, 4) is 5.75 Å². The van der Waals surface area contributed by atoms with Crippen molar-refractivity contribution in [2.45, 2.75) is 18.7 Å². The Hall–Kier alpha value is -2.83. The Morgan fingerprint density at radius 3 is 2.82 bits per heavy atom. The smallest absolute Gasteiger partial charge is 0.497 e. The second-order valence-corrected chi connectivity index (χ2v) is 4.83. The molecular weight excluding hydrogens is 286 g/mol. The zero-order valence-corrected chi connectivity index (χ0v) is 11.9. The van der Waals surface area contributed by atoms with Crippen LogP contribution in [0.2, 0.25) is 0 Å². The summed E-state index contributed by atoms with van der Waals surface area (Å²) in [5.74, 6) is 1.35. The Morgan fingerprint density at radius 2 is 2.14 bits per heavy atom. The molecule has 2 atom stereocenters. The molecule has 0 radical (unpaired) electrons. The van der Waals surface area contributed by atoms with Gasteiger partial charge in [-0.25, -0.2) is 9.79 Å². The zero-order valence-electron chi connectivity index (χ0n) is 11.9. The molecule has 0 amide bonds. The summed E-state index contributed by atoms with van der Waals surface area (Å²) in [7, 11) is 1.61. The SMILES string of the molecule is COc1ccc(C2CC(OC(=O)O)N=C3C=NC=CN32)cc1. The molecule has 1 aromatic rings. The minimum Gasteiger partial charge on any atom is -0.497 e. The van der Waals surface area contributed by atoms with Gasteiger partial charge in [0.05, 0.1) is 19.4 Å². The van der Waals surface area contributed by atoms with E-state index in [1.165, 1.54) is 0 Å². The molecule has 1 N–H and O–H groups in total. The first kappa shape index (κ1) is 14.1. The number of aliphatic imine (C=N–C) groups is 2. The Kier molecular flexibility index (Phi) is 3.78. The van der Waals surface area contributed by atoms with Gasteiger partial charge in [0.2, 0.25) is 6.23 Å². The van der Waals surface area contributed by atoms with Crippen molar-refractivity contribution in [2.24, 2.45) is 9.98 Å². The van der Waals surface area contributed by atoms with Gasteiger partial charge in [-0.1, -0.05) is 12.1 Å². The summed E-state index contributed by atoms with van der Waals surface area (Å²) < 4.78 is 9.99. The monoisotopic (exact) mass is 301 g/mol. The Balaban J connectivity index is 1.91. The van der Waals surface area contributed by atoms with Crippen LogP contribution in [0.15, 0.2) is 46.7 Å². The van der Waals surface area contributed by atoms with E-state index >= 15 is 0 Å². The van der Waals surface area contributed by atoms with Crippen molar-refractivity contribution in [1.82, 2.24) is 4.90 Å². The van der Waals surface area contributed by atoms with Crippen LogP contribution in [0.1, 0.15) is 18.0 Å². The Morgan fingerprint density at radius 1 is 1.36 bits per heavy atom. The highest BCUT2D eigenvalue weighted by Crippen LogP contribution is 2.33. The first-order valence-corrected chi connectivity index (χ1v) is 6.77. The lowest BCUT2D eigenvalue weighted by molar-refractivity contribution is 0.0392. The van der Waals surface area contributed by atoms with Crippen LogP contribution >= 0.6 is 0 Å². The molecule has 2 aliphatic rings. The minimum absolute atomic E-state index is 0.0780. The van der Waals surface area contributed by atoms with E-state index < -0.39 is 12.4 Å². The molecule has 3 rings (SSSR count).